The SMILES string of the molecule is CCOC(=O)C(CC)c1csc(NC(=O)C2CC3OCCC3N(C(=O)[C@@H]3CCCN3C(=O)[C@H](NC(=O)OC)C(C)C)C2)n1. The molecule has 0 saturated carbocycles. The molecule has 1 aromatic heterocycles. The molecule has 4 unspecified atom stereocenters. The Morgan fingerprint density at radius 2 is 1.93 bits per heavy atom. The molecule has 3 aliphatic heterocycles. The highest BCUT2D eigenvalue weighted by Gasteiger charge is 2.48. The predicted octanol–water partition coefficient (Wildman–Crippen LogP) is 2.52. The minimum absolute atomic E-state index is 0.176. The van der Waals surface area contributed by atoms with E-state index in [1.54, 1.807) is 22.1 Å². The van der Waals surface area contributed by atoms with Crippen LogP contribution < -0.4 is 10.6 Å². The third-order valence-corrected chi connectivity index (χ3v) is 9.24. The summed E-state index contributed by atoms with van der Waals surface area (Å²) in [5.74, 6) is -2.42. The summed E-state index contributed by atoms with van der Waals surface area (Å²) in [7, 11) is 1.24. The second-order valence-corrected chi connectivity index (χ2v) is 12.4. The number of carbonyl (C=O) groups is 5. The Morgan fingerprint density at radius 1 is 1.16 bits per heavy atom. The molecule has 14 heteroatoms. The van der Waals surface area contributed by atoms with Gasteiger partial charge in [-0.1, -0.05) is 20.8 Å². The average molecular weight is 622 g/mol. The molecule has 6 atom stereocenters. The number of ether oxygens (including phenoxy) is 3. The molecule has 4 rings (SSSR count). The van der Waals surface area contributed by atoms with Gasteiger partial charge in [-0.3, -0.25) is 19.2 Å². The molecule has 0 aliphatic carbocycles. The topological polar surface area (TPSA) is 156 Å². The van der Waals surface area contributed by atoms with Crippen molar-refractivity contribution in [1.82, 2.24) is 20.1 Å². The monoisotopic (exact) mass is 621 g/mol. The summed E-state index contributed by atoms with van der Waals surface area (Å²) in [5, 5.41) is 7.61. The lowest BCUT2D eigenvalue weighted by atomic mass is 9.88. The summed E-state index contributed by atoms with van der Waals surface area (Å²) in [6, 6.07) is -1.70. The van der Waals surface area contributed by atoms with Crippen molar-refractivity contribution in [3.8, 4) is 0 Å². The second kappa shape index (κ2) is 14.5. The number of esters is 1. The fourth-order valence-electron chi connectivity index (χ4n) is 6.20. The van der Waals surface area contributed by atoms with Gasteiger partial charge in [-0.15, -0.1) is 11.3 Å². The Labute approximate surface area is 256 Å². The number of alkyl carbamates (subject to hydrolysis) is 1. The van der Waals surface area contributed by atoms with Gasteiger partial charge in [-0.2, -0.15) is 0 Å². The number of nitrogens with one attached hydrogen (secondary N) is 2. The van der Waals surface area contributed by atoms with Crippen LogP contribution in [0.15, 0.2) is 5.38 Å². The van der Waals surface area contributed by atoms with Gasteiger partial charge in [0.25, 0.3) is 0 Å². The molecule has 2 N–H and O–H groups in total. The van der Waals surface area contributed by atoms with Crippen molar-refractivity contribution in [2.45, 2.75) is 89.9 Å². The number of anilines is 1. The molecule has 13 nitrogen and oxygen atoms in total. The van der Waals surface area contributed by atoms with Gasteiger partial charge < -0.3 is 34.6 Å². The molecular formula is C29H43N5O8S. The van der Waals surface area contributed by atoms with Crippen molar-refractivity contribution in [1.29, 1.82) is 0 Å². The normalized spacial score (nSPS) is 24.7. The van der Waals surface area contributed by atoms with Gasteiger partial charge in [0.1, 0.15) is 12.1 Å². The zero-order valence-corrected chi connectivity index (χ0v) is 26.3. The van der Waals surface area contributed by atoms with Crippen molar-refractivity contribution >= 4 is 46.3 Å². The number of aromatic nitrogens is 1. The van der Waals surface area contributed by atoms with E-state index in [4.69, 9.17) is 14.2 Å². The summed E-state index contributed by atoms with van der Waals surface area (Å²) in [6.45, 7) is 8.64. The van der Waals surface area contributed by atoms with E-state index in [-0.39, 0.29) is 54.9 Å². The Morgan fingerprint density at radius 3 is 2.60 bits per heavy atom. The minimum atomic E-state index is -0.831. The van der Waals surface area contributed by atoms with Crippen LogP contribution in [0.1, 0.15) is 71.4 Å². The van der Waals surface area contributed by atoms with Gasteiger partial charge in [0.2, 0.25) is 17.7 Å². The molecule has 3 aliphatic rings. The maximum absolute atomic E-state index is 14.1. The van der Waals surface area contributed by atoms with Crippen molar-refractivity contribution in [3.05, 3.63) is 11.1 Å². The number of amides is 4. The number of thiazole rings is 1. The summed E-state index contributed by atoms with van der Waals surface area (Å²) in [4.78, 5) is 73.1. The summed E-state index contributed by atoms with van der Waals surface area (Å²) < 4.78 is 15.8. The standard InChI is InChI=1S/C29H43N5O8S/c1-6-18(27(38)41-7-2)19-15-43-28(30-19)32-24(35)17-13-22-20(10-12-42-22)34(14-17)25(36)21-9-8-11-33(21)26(37)23(16(3)4)31-29(39)40-5/h15-18,20-23H,6-14H2,1-5H3,(H,31,39)(H,30,32,35)/t17?,18?,20?,21-,22?,23+/m0/s1. The number of nitrogens with zero attached hydrogens (tertiary/aromatic N) is 3. The van der Waals surface area contributed by atoms with Crippen LogP contribution in [0.2, 0.25) is 0 Å². The first-order valence-corrected chi connectivity index (χ1v) is 16.0. The lowest BCUT2D eigenvalue weighted by molar-refractivity contribution is -0.151. The van der Waals surface area contributed by atoms with Crippen LogP contribution in [0.25, 0.3) is 0 Å². The fraction of sp³-hybridized carbons (Fsp3) is 0.724. The molecule has 0 radical (unpaired) electrons. The highest BCUT2D eigenvalue weighted by molar-refractivity contribution is 7.14. The Bertz CT molecular complexity index is 1190. The van der Waals surface area contributed by atoms with Gasteiger partial charge in [0, 0.05) is 25.1 Å². The van der Waals surface area contributed by atoms with Crippen molar-refractivity contribution < 1.29 is 38.2 Å². The van der Waals surface area contributed by atoms with Gasteiger partial charge >= 0.3 is 12.1 Å². The van der Waals surface area contributed by atoms with Crippen LogP contribution in [-0.4, -0.2) is 102 Å². The highest BCUT2D eigenvalue weighted by Crippen LogP contribution is 2.35. The fourth-order valence-corrected chi connectivity index (χ4v) is 6.96. The van der Waals surface area contributed by atoms with Crippen LogP contribution in [0.3, 0.4) is 0 Å². The van der Waals surface area contributed by atoms with E-state index in [1.165, 1.54) is 18.4 Å². The molecule has 3 fully saturated rings. The number of fused-ring (bicyclic) bond motifs is 1. The smallest absolute Gasteiger partial charge is 0.407 e. The molecule has 238 valence electrons. The molecule has 1 aromatic rings. The lowest BCUT2D eigenvalue weighted by Crippen LogP contribution is -2.60. The van der Waals surface area contributed by atoms with Crippen LogP contribution in [0, 0.1) is 11.8 Å². The second-order valence-electron chi connectivity index (χ2n) is 11.5. The van der Waals surface area contributed by atoms with E-state index in [2.05, 4.69) is 15.6 Å². The molecule has 4 heterocycles. The maximum atomic E-state index is 14.1. The van der Waals surface area contributed by atoms with Gasteiger partial charge in [-0.25, -0.2) is 9.78 Å². The number of methoxy groups -OCH3 is 1. The molecular weight excluding hydrogens is 578 g/mol. The molecule has 0 bridgehead atoms. The Kier molecular flexibility index (Phi) is 11.0. The van der Waals surface area contributed by atoms with Gasteiger partial charge in [0.15, 0.2) is 5.13 Å². The van der Waals surface area contributed by atoms with Gasteiger partial charge in [-0.05, 0) is 44.9 Å². The summed E-state index contributed by atoms with van der Waals surface area (Å²) in [6.07, 6.45) is 1.81. The van der Waals surface area contributed by atoms with E-state index >= 15 is 0 Å². The zero-order valence-electron chi connectivity index (χ0n) is 25.5. The molecule has 43 heavy (non-hydrogen) atoms. The van der Waals surface area contributed by atoms with Crippen LogP contribution in [-0.2, 0) is 33.4 Å². The third-order valence-electron chi connectivity index (χ3n) is 8.46. The first-order chi connectivity index (χ1) is 20.6. The number of likely N-dealkylation sites (tertiary alicyclic amines) is 2. The van der Waals surface area contributed by atoms with Gasteiger partial charge in [0.05, 0.1) is 43.4 Å². The molecule has 0 spiro atoms. The third kappa shape index (κ3) is 7.28. The van der Waals surface area contributed by atoms with Crippen molar-refractivity contribution in [2.75, 3.05) is 38.7 Å². The quantitative estimate of drug-likeness (QED) is 0.375. The predicted molar refractivity (Wildman–Crippen MR) is 157 cm³/mol. The first kappa shape index (κ1) is 32.6. The Hall–Kier alpha value is -3.26. The highest BCUT2D eigenvalue weighted by atomic mass is 32.1. The van der Waals surface area contributed by atoms with E-state index < -0.39 is 30.0 Å². The van der Waals surface area contributed by atoms with E-state index in [9.17, 15) is 24.0 Å². The number of piperidine rings is 1. The maximum Gasteiger partial charge on any atom is 0.407 e. The number of carbonyl (C=O) groups excluding carboxylic acids is 5. The lowest BCUT2D eigenvalue weighted by Gasteiger charge is -2.42. The first-order valence-electron chi connectivity index (χ1n) is 15.1. The Balaban J connectivity index is 1.47. The number of hydrogen-bond acceptors (Lipinski definition) is 10. The van der Waals surface area contributed by atoms with E-state index in [0.29, 0.717) is 56.1 Å². The van der Waals surface area contributed by atoms with Crippen LogP contribution >= 0.6 is 11.3 Å². The number of hydrogen-bond donors (Lipinski definition) is 2. The number of rotatable bonds is 10. The largest absolute Gasteiger partial charge is 0.465 e. The zero-order chi connectivity index (χ0) is 31.3. The molecule has 0 aromatic carbocycles. The van der Waals surface area contributed by atoms with E-state index in [0.717, 1.165) is 0 Å². The van der Waals surface area contributed by atoms with Crippen molar-refractivity contribution in [3.63, 3.8) is 0 Å². The summed E-state index contributed by atoms with van der Waals surface area (Å²) >= 11 is 1.24. The molecule has 4 amide bonds. The van der Waals surface area contributed by atoms with E-state index in [1.807, 2.05) is 20.8 Å². The minimum Gasteiger partial charge on any atom is -0.465 e. The van der Waals surface area contributed by atoms with Crippen molar-refractivity contribution in [2.24, 2.45) is 11.8 Å². The molecule has 3 saturated heterocycles. The van der Waals surface area contributed by atoms with Crippen LogP contribution in [0.4, 0.5) is 9.93 Å². The average Bonchev–Trinajstić information content (AvgIpc) is 3.76. The van der Waals surface area contributed by atoms with Crippen LogP contribution in [0.5, 0.6) is 0 Å². The summed E-state index contributed by atoms with van der Waals surface area (Å²) in [5.41, 5.74) is 0.549.